The molecule has 0 aliphatic carbocycles. The zero-order chi connectivity index (χ0) is 13.8. The van der Waals surface area contributed by atoms with Crippen LogP contribution >= 0.6 is 0 Å². The van der Waals surface area contributed by atoms with Crippen LogP contribution in [0.25, 0.3) is 10.9 Å². The minimum Gasteiger partial charge on any atom is -0.378 e. The van der Waals surface area contributed by atoms with Gasteiger partial charge in [0.25, 0.3) is 0 Å². The molecular formula is C16H21N3O. The van der Waals surface area contributed by atoms with E-state index in [-0.39, 0.29) is 6.04 Å². The SMILES string of the molecule is NNC(CC1CCCCO1)c1cnc2ccccc2c1. The van der Waals surface area contributed by atoms with Crippen LogP contribution in [0, 0.1) is 0 Å². The Balaban J connectivity index is 1.79. The zero-order valence-electron chi connectivity index (χ0n) is 11.6. The van der Waals surface area contributed by atoms with Gasteiger partial charge in [-0.1, -0.05) is 18.2 Å². The normalized spacial score (nSPS) is 20.9. The minimum absolute atomic E-state index is 0.0928. The lowest BCUT2D eigenvalue weighted by atomic mass is 9.97. The molecule has 0 spiro atoms. The van der Waals surface area contributed by atoms with E-state index in [2.05, 4.69) is 22.5 Å². The second kappa shape index (κ2) is 6.31. The molecule has 2 atom stereocenters. The number of hydrazine groups is 1. The zero-order valence-corrected chi connectivity index (χ0v) is 11.6. The van der Waals surface area contributed by atoms with Crippen LogP contribution in [-0.2, 0) is 4.74 Å². The van der Waals surface area contributed by atoms with Gasteiger partial charge in [0, 0.05) is 24.2 Å². The number of pyridine rings is 1. The molecule has 2 heterocycles. The maximum absolute atomic E-state index is 5.80. The highest BCUT2D eigenvalue weighted by molar-refractivity contribution is 5.78. The highest BCUT2D eigenvalue weighted by atomic mass is 16.5. The van der Waals surface area contributed by atoms with Crippen molar-refractivity contribution >= 4 is 10.9 Å². The molecule has 1 aromatic heterocycles. The Morgan fingerprint density at radius 2 is 2.25 bits per heavy atom. The summed E-state index contributed by atoms with van der Waals surface area (Å²) in [6.45, 7) is 0.873. The molecule has 4 nitrogen and oxygen atoms in total. The molecule has 3 N–H and O–H groups in total. The van der Waals surface area contributed by atoms with Gasteiger partial charge in [-0.25, -0.2) is 0 Å². The molecule has 0 bridgehead atoms. The number of rotatable bonds is 4. The lowest BCUT2D eigenvalue weighted by molar-refractivity contribution is 0.00501. The molecule has 3 rings (SSSR count). The van der Waals surface area contributed by atoms with Crippen molar-refractivity contribution in [2.75, 3.05) is 6.61 Å². The molecule has 0 saturated carbocycles. The third-order valence-electron chi connectivity index (χ3n) is 3.99. The van der Waals surface area contributed by atoms with Gasteiger partial charge < -0.3 is 4.74 Å². The van der Waals surface area contributed by atoms with E-state index in [1.165, 1.54) is 12.8 Å². The van der Waals surface area contributed by atoms with Crippen molar-refractivity contribution in [1.29, 1.82) is 0 Å². The van der Waals surface area contributed by atoms with Gasteiger partial charge in [0.05, 0.1) is 11.6 Å². The van der Waals surface area contributed by atoms with E-state index < -0.39 is 0 Å². The molecule has 4 heteroatoms. The molecule has 1 aromatic carbocycles. The second-order valence-corrected chi connectivity index (χ2v) is 5.40. The number of hydrogen-bond acceptors (Lipinski definition) is 4. The molecular weight excluding hydrogens is 250 g/mol. The molecule has 106 valence electrons. The van der Waals surface area contributed by atoms with Crippen LogP contribution in [0.1, 0.15) is 37.3 Å². The summed E-state index contributed by atoms with van der Waals surface area (Å²) < 4.78 is 5.80. The Kier molecular flexibility index (Phi) is 4.25. The van der Waals surface area contributed by atoms with Crippen LogP contribution < -0.4 is 11.3 Å². The first-order valence-electron chi connectivity index (χ1n) is 7.29. The van der Waals surface area contributed by atoms with Crippen LogP contribution in [0.4, 0.5) is 0 Å². The summed E-state index contributed by atoms with van der Waals surface area (Å²) in [6.07, 6.45) is 6.66. The van der Waals surface area contributed by atoms with E-state index in [0.29, 0.717) is 6.10 Å². The molecule has 1 aliphatic heterocycles. The lowest BCUT2D eigenvalue weighted by Crippen LogP contribution is -2.33. The maximum atomic E-state index is 5.80. The highest BCUT2D eigenvalue weighted by Crippen LogP contribution is 2.25. The molecule has 1 fully saturated rings. The van der Waals surface area contributed by atoms with Crippen molar-refractivity contribution in [3.63, 3.8) is 0 Å². The van der Waals surface area contributed by atoms with Crippen molar-refractivity contribution in [1.82, 2.24) is 10.4 Å². The number of nitrogens with one attached hydrogen (secondary N) is 1. The van der Waals surface area contributed by atoms with E-state index >= 15 is 0 Å². The van der Waals surface area contributed by atoms with Crippen molar-refractivity contribution in [2.24, 2.45) is 5.84 Å². The highest BCUT2D eigenvalue weighted by Gasteiger charge is 2.20. The Hall–Kier alpha value is -1.49. The van der Waals surface area contributed by atoms with Gasteiger partial charge in [-0.15, -0.1) is 0 Å². The minimum atomic E-state index is 0.0928. The van der Waals surface area contributed by atoms with E-state index in [1.54, 1.807) is 0 Å². The van der Waals surface area contributed by atoms with Crippen LogP contribution in [0.5, 0.6) is 0 Å². The summed E-state index contributed by atoms with van der Waals surface area (Å²) in [5.74, 6) is 5.73. The number of fused-ring (bicyclic) bond motifs is 1. The van der Waals surface area contributed by atoms with E-state index in [9.17, 15) is 0 Å². The first-order chi connectivity index (χ1) is 9.86. The van der Waals surface area contributed by atoms with Crippen LogP contribution in [0.15, 0.2) is 36.5 Å². The Labute approximate surface area is 119 Å². The van der Waals surface area contributed by atoms with Crippen LogP contribution in [0.3, 0.4) is 0 Å². The number of hydrogen-bond donors (Lipinski definition) is 2. The maximum Gasteiger partial charge on any atom is 0.0702 e. The molecule has 2 unspecified atom stereocenters. The van der Waals surface area contributed by atoms with Crippen LogP contribution in [-0.4, -0.2) is 17.7 Å². The third kappa shape index (κ3) is 2.98. The monoisotopic (exact) mass is 271 g/mol. The number of nitrogens with zero attached hydrogens (tertiary/aromatic N) is 1. The fourth-order valence-electron chi connectivity index (χ4n) is 2.84. The number of para-hydroxylation sites is 1. The molecule has 0 amide bonds. The number of ether oxygens (including phenoxy) is 1. The van der Waals surface area contributed by atoms with Crippen molar-refractivity contribution < 1.29 is 4.74 Å². The van der Waals surface area contributed by atoms with Gasteiger partial charge in [-0.3, -0.25) is 16.3 Å². The largest absolute Gasteiger partial charge is 0.378 e. The van der Waals surface area contributed by atoms with Gasteiger partial charge in [0.2, 0.25) is 0 Å². The fraction of sp³-hybridized carbons (Fsp3) is 0.438. The molecule has 0 radical (unpaired) electrons. The third-order valence-corrected chi connectivity index (χ3v) is 3.99. The fourth-order valence-corrected chi connectivity index (χ4v) is 2.84. The summed E-state index contributed by atoms with van der Waals surface area (Å²) in [7, 11) is 0. The first-order valence-corrected chi connectivity index (χ1v) is 7.29. The Morgan fingerprint density at radius 3 is 3.05 bits per heavy atom. The summed E-state index contributed by atoms with van der Waals surface area (Å²) in [5, 5.41) is 1.15. The topological polar surface area (TPSA) is 60.2 Å². The smallest absolute Gasteiger partial charge is 0.0702 e. The van der Waals surface area contributed by atoms with Gasteiger partial charge in [0.1, 0.15) is 0 Å². The van der Waals surface area contributed by atoms with Gasteiger partial charge in [-0.05, 0) is 43.4 Å². The lowest BCUT2D eigenvalue weighted by Gasteiger charge is -2.26. The predicted octanol–water partition coefficient (Wildman–Crippen LogP) is 2.70. The van der Waals surface area contributed by atoms with E-state index in [4.69, 9.17) is 10.6 Å². The second-order valence-electron chi connectivity index (χ2n) is 5.40. The number of benzene rings is 1. The quantitative estimate of drug-likeness (QED) is 0.663. The summed E-state index contributed by atoms with van der Waals surface area (Å²) in [4.78, 5) is 4.51. The van der Waals surface area contributed by atoms with Crippen molar-refractivity contribution in [2.45, 2.75) is 37.8 Å². The Morgan fingerprint density at radius 1 is 1.35 bits per heavy atom. The van der Waals surface area contributed by atoms with Crippen LogP contribution in [0.2, 0.25) is 0 Å². The van der Waals surface area contributed by atoms with Gasteiger partial charge >= 0.3 is 0 Å². The Bertz CT molecular complexity index is 566. The average molecular weight is 271 g/mol. The average Bonchev–Trinajstić information content (AvgIpc) is 2.53. The van der Waals surface area contributed by atoms with E-state index in [1.807, 2.05) is 24.4 Å². The van der Waals surface area contributed by atoms with Crippen molar-refractivity contribution in [3.05, 3.63) is 42.1 Å². The van der Waals surface area contributed by atoms with Crippen molar-refractivity contribution in [3.8, 4) is 0 Å². The standard InChI is InChI=1S/C16H21N3O/c17-19-16(10-14-6-3-4-8-20-14)13-9-12-5-1-2-7-15(12)18-11-13/h1-2,5,7,9,11,14,16,19H,3-4,6,8,10,17H2. The van der Waals surface area contributed by atoms with Gasteiger partial charge in [0.15, 0.2) is 0 Å². The number of nitrogens with two attached hydrogens (primary N) is 1. The van der Waals surface area contributed by atoms with E-state index in [0.717, 1.165) is 35.9 Å². The summed E-state index contributed by atoms with van der Waals surface area (Å²) in [5.41, 5.74) is 5.05. The first kappa shape index (κ1) is 13.5. The molecule has 1 aliphatic rings. The summed E-state index contributed by atoms with van der Waals surface area (Å²) >= 11 is 0. The molecule has 1 saturated heterocycles. The van der Waals surface area contributed by atoms with Gasteiger partial charge in [-0.2, -0.15) is 0 Å². The molecule has 20 heavy (non-hydrogen) atoms. The summed E-state index contributed by atoms with van der Waals surface area (Å²) in [6, 6.07) is 10.4. The predicted molar refractivity (Wildman–Crippen MR) is 80.0 cm³/mol. The number of aromatic nitrogens is 1. The molecule has 2 aromatic rings.